The normalized spacial score (nSPS) is 10.4. The van der Waals surface area contributed by atoms with Crippen LogP contribution in [0.3, 0.4) is 0 Å². The van der Waals surface area contributed by atoms with Gasteiger partial charge in [0, 0.05) is 35.2 Å². The van der Waals surface area contributed by atoms with Gasteiger partial charge in [-0.15, -0.1) is 0 Å². The van der Waals surface area contributed by atoms with Crippen molar-refractivity contribution >= 4 is 34.8 Å². The van der Waals surface area contributed by atoms with Crippen molar-refractivity contribution in [3.63, 3.8) is 0 Å². The fourth-order valence-electron chi connectivity index (χ4n) is 3.13. The number of hydrogen-bond acceptors (Lipinski definition) is 5. The van der Waals surface area contributed by atoms with Gasteiger partial charge in [0.25, 0.3) is 11.8 Å². The summed E-state index contributed by atoms with van der Waals surface area (Å²) in [7, 11) is 0. The minimum Gasteiger partial charge on any atom is -0.326 e. The van der Waals surface area contributed by atoms with Crippen LogP contribution >= 0.6 is 0 Å². The number of nitrogens with one attached hydrogen (secondary N) is 4. The summed E-state index contributed by atoms with van der Waals surface area (Å²) < 4.78 is 0. The van der Waals surface area contributed by atoms with Gasteiger partial charge in [-0.3, -0.25) is 19.5 Å². The van der Waals surface area contributed by atoms with Crippen LogP contribution in [-0.4, -0.2) is 32.9 Å². The molecule has 0 aliphatic heterocycles. The maximum absolute atomic E-state index is 12.6. The molecule has 0 spiro atoms. The molecule has 4 aromatic rings. The highest BCUT2D eigenvalue weighted by Crippen LogP contribution is 2.18. The van der Waals surface area contributed by atoms with Gasteiger partial charge in [0.2, 0.25) is 5.91 Å². The van der Waals surface area contributed by atoms with E-state index < -0.39 is 0 Å². The molecule has 4 N–H and O–H groups in total. The lowest BCUT2D eigenvalue weighted by Crippen LogP contribution is -2.15. The predicted octanol–water partition coefficient (Wildman–Crippen LogP) is 4.32. The summed E-state index contributed by atoms with van der Waals surface area (Å²) in [5.41, 5.74) is 3.68. The predicted molar refractivity (Wildman–Crippen MR) is 130 cm³/mol. The number of aromatic nitrogens is 3. The Labute approximate surface area is 195 Å². The van der Waals surface area contributed by atoms with Crippen LogP contribution in [0.15, 0.2) is 79.0 Å². The Morgan fingerprint density at radius 1 is 0.794 bits per heavy atom. The van der Waals surface area contributed by atoms with E-state index in [0.29, 0.717) is 40.4 Å². The third-order valence-corrected chi connectivity index (χ3v) is 4.89. The van der Waals surface area contributed by atoms with Crippen LogP contribution in [0.2, 0.25) is 0 Å². The van der Waals surface area contributed by atoms with Crippen molar-refractivity contribution in [3.05, 3.63) is 90.3 Å². The number of benzene rings is 2. The van der Waals surface area contributed by atoms with Crippen molar-refractivity contribution in [2.24, 2.45) is 0 Å². The van der Waals surface area contributed by atoms with Crippen LogP contribution in [-0.2, 0) is 4.79 Å². The van der Waals surface area contributed by atoms with Crippen LogP contribution in [0.1, 0.15) is 34.2 Å². The van der Waals surface area contributed by atoms with Crippen LogP contribution in [0.5, 0.6) is 0 Å². The Hall–Kier alpha value is -4.79. The van der Waals surface area contributed by atoms with E-state index in [1.807, 2.05) is 0 Å². The number of H-pyrrole nitrogens is 1. The Kier molecular flexibility index (Phi) is 6.73. The Morgan fingerprint density at radius 2 is 1.50 bits per heavy atom. The minimum atomic E-state index is -0.357. The summed E-state index contributed by atoms with van der Waals surface area (Å²) in [6.45, 7) is 1.76. The first kappa shape index (κ1) is 22.4. The lowest BCUT2D eigenvalue weighted by molar-refractivity contribution is -0.115. The molecular formula is C25H22N6O3. The Bertz CT molecular complexity index is 1320. The SMILES string of the molecule is CCC(=O)Nc1cccc(C(=O)Nc2ccc(NC(=O)c3cccc(-c4ccn[nH]4)n3)cc2)c1. The fraction of sp³-hybridized carbons (Fsp3) is 0.0800. The van der Waals surface area contributed by atoms with Gasteiger partial charge in [-0.05, 0) is 60.7 Å². The first-order valence-corrected chi connectivity index (χ1v) is 10.6. The third-order valence-electron chi connectivity index (χ3n) is 4.89. The lowest BCUT2D eigenvalue weighted by atomic mass is 10.1. The number of anilines is 3. The van der Waals surface area contributed by atoms with Crippen molar-refractivity contribution in [3.8, 4) is 11.4 Å². The van der Waals surface area contributed by atoms with Crippen LogP contribution in [0.25, 0.3) is 11.4 Å². The number of nitrogens with zero attached hydrogens (tertiary/aromatic N) is 2. The second kappa shape index (κ2) is 10.2. The van der Waals surface area contributed by atoms with Crippen LogP contribution in [0.4, 0.5) is 17.1 Å². The number of pyridine rings is 1. The summed E-state index contributed by atoms with van der Waals surface area (Å²) in [5, 5.41) is 15.0. The van der Waals surface area contributed by atoms with Crippen molar-refractivity contribution in [1.29, 1.82) is 0 Å². The van der Waals surface area contributed by atoms with Crippen LogP contribution < -0.4 is 16.0 Å². The second-order valence-corrected chi connectivity index (χ2v) is 7.35. The molecule has 0 bridgehead atoms. The maximum atomic E-state index is 12.6. The number of carbonyl (C=O) groups is 3. The monoisotopic (exact) mass is 454 g/mol. The van der Waals surface area contributed by atoms with Gasteiger partial charge in [0.1, 0.15) is 5.69 Å². The molecule has 0 unspecified atom stereocenters. The molecule has 0 aliphatic carbocycles. The molecular weight excluding hydrogens is 432 g/mol. The van der Waals surface area contributed by atoms with Crippen molar-refractivity contribution in [2.45, 2.75) is 13.3 Å². The van der Waals surface area contributed by atoms with E-state index >= 15 is 0 Å². The highest BCUT2D eigenvalue weighted by atomic mass is 16.2. The zero-order valence-electron chi connectivity index (χ0n) is 18.3. The largest absolute Gasteiger partial charge is 0.326 e. The third kappa shape index (κ3) is 5.52. The molecule has 0 saturated carbocycles. The van der Waals surface area contributed by atoms with E-state index in [-0.39, 0.29) is 23.4 Å². The molecule has 170 valence electrons. The number of aromatic amines is 1. The maximum Gasteiger partial charge on any atom is 0.274 e. The number of amides is 3. The van der Waals surface area contributed by atoms with Gasteiger partial charge in [-0.1, -0.05) is 19.1 Å². The Balaban J connectivity index is 1.38. The molecule has 2 aromatic heterocycles. The summed E-state index contributed by atoms with van der Waals surface area (Å²) in [5.74, 6) is -0.799. The molecule has 2 aromatic carbocycles. The van der Waals surface area contributed by atoms with E-state index in [2.05, 4.69) is 31.1 Å². The lowest BCUT2D eigenvalue weighted by Gasteiger charge is -2.09. The van der Waals surface area contributed by atoms with Crippen molar-refractivity contribution in [1.82, 2.24) is 15.2 Å². The first-order chi connectivity index (χ1) is 16.5. The van der Waals surface area contributed by atoms with Crippen molar-refractivity contribution in [2.75, 3.05) is 16.0 Å². The molecule has 9 heteroatoms. The molecule has 4 rings (SSSR count). The van der Waals surface area contributed by atoms with Gasteiger partial charge in [-0.2, -0.15) is 5.10 Å². The average molecular weight is 454 g/mol. The van der Waals surface area contributed by atoms with Gasteiger partial charge in [0.05, 0.1) is 11.4 Å². The Morgan fingerprint density at radius 3 is 2.18 bits per heavy atom. The van der Waals surface area contributed by atoms with E-state index in [9.17, 15) is 14.4 Å². The summed E-state index contributed by atoms with van der Waals surface area (Å²) in [4.78, 5) is 41.1. The van der Waals surface area contributed by atoms with E-state index in [1.165, 1.54) is 0 Å². The topological polar surface area (TPSA) is 129 Å². The quantitative estimate of drug-likeness (QED) is 0.330. The van der Waals surface area contributed by atoms with E-state index in [0.717, 1.165) is 0 Å². The molecule has 9 nitrogen and oxygen atoms in total. The van der Waals surface area contributed by atoms with Gasteiger partial charge in [-0.25, -0.2) is 4.98 Å². The fourth-order valence-corrected chi connectivity index (χ4v) is 3.13. The van der Waals surface area contributed by atoms with E-state index in [4.69, 9.17) is 0 Å². The van der Waals surface area contributed by atoms with Crippen LogP contribution in [0, 0.1) is 0 Å². The molecule has 0 fully saturated rings. The molecule has 0 radical (unpaired) electrons. The molecule has 0 aliphatic rings. The summed E-state index contributed by atoms with van der Waals surface area (Å²) in [6.07, 6.45) is 1.97. The molecule has 34 heavy (non-hydrogen) atoms. The highest BCUT2D eigenvalue weighted by Gasteiger charge is 2.11. The molecule has 2 heterocycles. The number of carbonyl (C=O) groups excluding carboxylic acids is 3. The molecule has 0 atom stereocenters. The molecule has 3 amide bonds. The standard InChI is InChI=1S/C25H22N6O3/c1-2-23(32)27-19-6-3-5-16(15-19)24(33)28-17-9-11-18(12-10-17)29-25(34)22-8-4-7-20(30-22)21-13-14-26-31-21/h3-15H,2H2,1H3,(H,26,31)(H,27,32)(H,28,33)(H,29,34). The highest BCUT2D eigenvalue weighted by molar-refractivity contribution is 6.06. The van der Waals surface area contributed by atoms with Crippen molar-refractivity contribution < 1.29 is 14.4 Å². The summed E-state index contributed by atoms with van der Waals surface area (Å²) >= 11 is 0. The zero-order valence-corrected chi connectivity index (χ0v) is 18.3. The van der Waals surface area contributed by atoms with E-state index in [1.54, 1.807) is 85.9 Å². The summed E-state index contributed by atoms with van der Waals surface area (Å²) in [6, 6.07) is 20.4. The average Bonchev–Trinajstić information content (AvgIpc) is 3.40. The van der Waals surface area contributed by atoms with Gasteiger partial charge < -0.3 is 16.0 Å². The number of hydrogen-bond donors (Lipinski definition) is 4. The van der Waals surface area contributed by atoms with Gasteiger partial charge >= 0.3 is 0 Å². The minimum absolute atomic E-state index is 0.126. The number of rotatable bonds is 7. The zero-order chi connectivity index (χ0) is 23.9. The second-order valence-electron chi connectivity index (χ2n) is 7.35. The first-order valence-electron chi connectivity index (χ1n) is 10.6. The smallest absolute Gasteiger partial charge is 0.274 e. The van der Waals surface area contributed by atoms with Gasteiger partial charge in [0.15, 0.2) is 0 Å². The molecule has 0 saturated heterocycles.